The first-order chi connectivity index (χ1) is 25.7. The number of aryl methyl sites for hydroxylation is 2. The molecule has 282 valence electrons. The lowest BCUT2D eigenvalue weighted by atomic mass is 10.0. The van der Waals surface area contributed by atoms with Gasteiger partial charge in [0.25, 0.3) is 0 Å². The first-order valence-corrected chi connectivity index (χ1v) is 19.7. The van der Waals surface area contributed by atoms with Crippen LogP contribution in [0.25, 0.3) is 0 Å². The number of benzene rings is 2. The highest BCUT2D eigenvalue weighted by atomic mass is 32.2. The van der Waals surface area contributed by atoms with Gasteiger partial charge in [-0.2, -0.15) is 19.9 Å². The van der Waals surface area contributed by atoms with Gasteiger partial charge in [0.15, 0.2) is 16.1 Å². The maximum atomic E-state index is 12.7. The molecule has 2 aromatic heterocycles. The van der Waals surface area contributed by atoms with E-state index in [9.17, 15) is 14.4 Å². The third-order valence-corrected chi connectivity index (χ3v) is 9.30. The van der Waals surface area contributed by atoms with Gasteiger partial charge < -0.3 is 27.0 Å². The van der Waals surface area contributed by atoms with Crippen molar-refractivity contribution < 1.29 is 14.4 Å². The SMILES string of the molecule is CCNc1nc(CCCNc2nc(CCCNC(=O)C(C)CC(=O)CNC(=O)C(N)Cc3ccccc3)nc(SCC)n2)nc(Sc2ccccc2)n1. The molecular formula is C37H49N11O3S2. The van der Waals surface area contributed by atoms with Crippen molar-refractivity contribution in [2.45, 2.75) is 80.5 Å². The van der Waals surface area contributed by atoms with Crippen molar-refractivity contribution in [3.63, 3.8) is 0 Å². The molecule has 0 aliphatic rings. The standard InChI is InChI=1S/C37H49N11O3S2/c1-4-39-34-43-31(46-37(48-34)53-28-16-10-7-11-17-28)19-13-21-41-35-44-30(45-36(47-35)52-5-2)18-12-20-40-32(50)25(3)22-27(49)24-42-33(51)29(38)23-26-14-8-6-9-15-26/h6-11,14-17,25,29H,4-5,12-13,18-24,38H2,1-3H3,(H,40,50)(H,42,51)(H,39,43,46,48)(H,41,44,45,47). The van der Waals surface area contributed by atoms with Gasteiger partial charge in [-0.15, -0.1) is 0 Å². The van der Waals surface area contributed by atoms with E-state index in [2.05, 4.69) is 51.2 Å². The number of rotatable bonds is 23. The summed E-state index contributed by atoms with van der Waals surface area (Å²) in [5, 5.41) is 13.3. The number of nitrogens with one attached hydrogen (secondary N) is 4. The molecule has 2 amide bonds. The lowest BCUT2D eigenvalue weighted by molar-refractivity contribution is -0.129. The second-order valence-corrected chi connectivity index (χ2v) is 14.4. The number of nitrogens with two attached hydrogens (primary N) is 1. The molecule has 0 fully saturated rings. The number of anilines is 2. The van der Waals surface area contributed by atoms with Crippen LogP contribution in [-0.2, 0) is 33.6 Å². The van der Waals surface area contributed by atoms with Crippen LogP contribution >= 0.6 is 23.5 Å². The van der Waals surface area contributed by atoms with Crippen LogP contribution in [0.1, 0.15) is 57.2 Å². The Hall–Kier alpha value is -4.67. The summed E-state index contributed by atoms with van der Waals surface area (Å²) >= 11 is 3.04. The first-order valence-electron chi connectivity index (χ1n) is 17.9. The summed E-state index contributed by atoms with van der Waals surface area (Å²) in [6.45, 7) is 7.29. The molecule has 4 aromatic rings. The second-order valence-electron chi connectivity index (χ2n) is 12.2. The third-order valence-electron chi connectivity index (χ3n) is 7.70. The van der Waals surface area contributed by atoms with Gasteiger partial charge >= 0.3 is 0 Å². The van der Waals surface area contributed by atoms with Gasteiger partial charge in [0.2, 0.25) is 23.7 Å². The van der Waals surface area contributed by atoms with Crippen molar-refractivity contribution >= 4 is 53.0 Å². The van der Waals surface area contributed by atoms with Crippen molar-refractivity contribution in [3.8, 4) is 0 Å². The Morgan fingerprint density at radius 2 is 1.36 bits per heavy atom. The highest BCUT2D eigenvalue weighted by Crippen LogP contribution is 2.25. The van der Waals surface area contributed by atoms with Gasteiger partial charge in [0.1, 0.15) is 11.6 Å². The zero-order valence-electron chi connectivity index (χ0n) is 30.5. The summed E-state index contributed by atoms with van der Waals surface area (Å²) in [5.74, 6) is 1.81. The van der Waals surface area contributed by atoms with Gasteiger partial charge in [-0.25, -0.2) is 9.97 Å². The average Bonchev–Trinajstić information content (AvgIpc) is 3.15. The fraction of sp³-hybridized carbons (Fsp3) is 0.432. The second kappa shape index (κ2) is 22.4. The topological polar surface area (TPSA) is 203 Å². The number of carbonyl (C=O) groups excluding carboxylic acids is 3. The molecule has 2 unspecified atom stereocenters. The molecule has 16 heteroatoms. The van der Waals surface area contributed by atoms with Crippen molar-refractivity contribution in [1.82, 2.24) is 40.5 Å². The van der Waals surface area contributed by atoms with E-state index in [1.54, 1.807) is 6.92 Å². The fourth-order valence-electron chi connectivity index (χ4n) is 5.03. The Kier molecular flexibility index (Phi) is 17.4. The molecule has 53 heavy (non-hydrogen) atoms. The quantitative estimate of drug-likeness (QED) is 0.0534. The number of nitrogens with zero attached hydrogens (tertiary/aromatic N) is 6. The molecule has 14 nitrogen and oxygen atoms in total. The minimum absolute atomic E-state index is 0.0119. The van der Waals surface area contributed by atoms with Gasteiger partial charge in [-0.1, -0.05) is 74.1 Å². The van der Waals surface area contributed by atoms with Crippen LogP contribution < -0.4 is 27.0 Å². The van der Waals surface area contributed by atoms with Crippen molar-refractivity contribution in [2.24, 2.45) is 11.7 Å². The molecule has 4 rings (SSSR count). The predicted octanol–water partition coefficient (Wildman–Crippen LogP) is 4.13. The Morgan fingerprint density at radius 3 is 2.04 bits per heavy atom. The molecular weight excluding hydrogens is 711 g/mol. The number of hydrogen-bond donors (Lipinski definition) is 5. The number of aromatic nitrogens is 6. The maximum absolute atomic E-state index is 12.7. The smallest absolute Gasteiger partial charge is 0.237 e. The van der Waals surface area contributed by atoms with Crippen LogP contribution in [0, 0.1) is 5.92 Å². The zero-order valence-corrected chi connectivity index (χ0v) is 32.1. The van der Waals surface area contributed by atoms with Crippen LogP contribution in [0.2, 0.25) is 0 Å². The molecule has 6 N–H and O–H groups in total. The predicted molar refractivity (Wildman–Crippen MR) is 209 cm³/mol. The summed E-state index contributed by atoms with van der Waals surface area (Å²) < 4.78 is 0. The molecule has 0 saturated carbocycles. The van der Waals surface area contributed by atoms with Crippen LogP contribution in [0.3, 0.4) is 0 Å². The number of carbonyl (C=O) groups is 3. The summed E-state index contributed by atoms with van der Waals surface area (Å²) in [6.07, 6.45) is 2.93. The molecule has 2 heterocycles. The van der Waals surface area contributed by atoms with E-state index in [1.165, 1.54) is 23.5 Å². The van der Waals surface area contributed by atoms with Crippen LogP contribution in [-0.4, -0.2) is 85.5 Å². The van der Waals surface area contributed by atoms with E-state index >= 15 is 0 Å². The summed E-state index contributed by atoms with van der Waals surface area (Å²) in [4.78, 5) is 66.2. The van der Waals surface area contributed by atoms with E-state index in [1.807, 2.05) is 74.5 Å². The number of hydrogen-bond acceptors (Lipinski definition) is 14. The van der Waals surface area contributed by atoms with Crippen LogP contribution in [0.4, 0.5) is 11.9 Å². The van der Waals surface area contributed by atoms with Gasteiger partial charge in [0, 0.05) is 49.7 Å². The average molecular weight is 760 g/mol. The van der Waals surface area contributed by atoms with Gasteiger partial charge in [-0.05, 0) is 61.4 Å². The Balaban J connectivity index is 1.19. The number of amides is 2. The van der Waals surface area contributed by atoms with Crippen LogP contribution in [0.5, 0.6) is 0 Å². The molecule has 0 saturated heterocycles. The summed E-state index contributed by atoms with van der Waals surface area (Å²) in [6, 6.07) is 18.7. The minimum Gasteiger partial charge on any atom is -0.356 e. The van der Waals surface area contributed by atoms with Gasteiger partial charge in [0.05, 0.1) is 12.6 Å². The lowest BCUT2D eigenvalue weighted by Gasteiger charge is -2.14. The molecule has 0 bridgehead atoms. The molecule has 2 atom stereocenters. The third kappa shape index (κ3) is 15.1. The minimum atomic E-state index is -0.762. The van der Waals surface area contributed by atoms with E-state index < -0.39 is 17.9 Å². The normalized spacial score (nSPS) is 12.1. The fourth-order valence-corrected chi connectivity index (χ4v) is 6.40. The van der Waals surface area contributed by atoms with E-state index in [4.69, 9.17) is 5.73 Å². The molecule has 2 aromatic carbocycles. The number of Topliss-reactive ketones (excluding diaryl/α,β-unsaturated/α-hetero) is 1. The summed E-state index contributed by atoms with van der Waals surface area (Å²) in [5.41, 5.74) is 6.94. The zero-order chi connectivity index (χ0) is 37.8. The van der Waals surface area contributed by atoms with Crippen molar-refractivity contribution in [1.29, 1.82) is 0 Å². The Morgan fingerprint density at radius 1 is 0.736 bits per heavy atom. The van der Waals surface area contributed by atoms with Crippen molar-refractivity contribution in [3.05, 3.63) is 77.9 Å². The van der Waals surface area contributed by atoms with Crippen molar-refractivity contribution in [2.75, 3.05) is 42.6 Å². The Labute approximate surface area is 319 Å². The first kappa shape index (κ1) is 41.1. The highest BCUT2D eigenvalue weighted by molar-refractivity contribution is 7.99. The molecule has 0 aliphatic carbocycles. The van der Waals surface area contributed by atoms with Crippen LogP contribution in [0.15, 0.2) is 75.9 Å². The highest BCUT2D eigenvalue weighted by Gasteiger charge is 2.19. The molecule has 0 aliphatic heterocycles. The summed E-state index contributed by atoms with van der Waals surface area (Å²) in [7, 11) is 0. The number of thioether (sulfide) groups is 1. The van der Waals surface area contributed by atoms with Gasteiger partial charge in [-0.3, -0.25) is 14.4 Å². The largest absolute Gasteiger partial charge is 0.356 e. The van der Waals surface area contributed by atoms with E-state index in [0.29, 0.717) is 79.2 Å². The lowest BCUT2D eigenvalue weighted by Crippen LogP contribution is -2.44. The monoisotopic (exact) mass is 759 g/mol. The molecule has 0 spiro atoms. The Bertz CT molecular complexity index is 1750. The van der Waals surface area contributed by atoms with E-state index in [0.717, 1.165) is 22.6 Å². The maximum Gasteiger partial charge on any atom is 0.237 e. The number of ketones is 1. The molecule has 0 radical (unpaired) electrons. The van der Waals surface area contributed by atoms with E-state index in [-0.39, 0.29) is 24.7 Å².